The van der Waals surface area contributed by atoms with Crippen LogP contribution in [0, 0.1) is 0 Å². The average molecular weight is 470 g/mol. The molecule has 0 unspecified atom stereocenters. The predicted octanol–water partition coefficient (Wildman–Crippen LogP) is 3.63. The molecule has 4 rings (SSSR count). The first-order valence-electron chi connectivity index (χ1n) is 10.0. The summed E-state index contributed by atoms with van der Waals surface area (Å²) in [4.78, 5) is 17.2. The van der Waals surface area contributed by atoms with Crippen molar-refractivity contribution in [2.24, 2.45) is 0 Å². The Hall–Kier alpha value is -1.62. The molecule has 8 nitrogen and oxygen atoms in total. The quantitative estimate of drug-likeness (QED) is 0.599. The lowest BCUT2D eigenvalue weighted by Gasteiger charge is -2.26. The first-order chi connectivity index (χ1) is 14.3. The smallest absolute Gasteiger partial charge is 0.243 e. The number of nitrogens with one attached hydrogen (secondary N) is 2. The van der Waals surface area contributed by atoms with E-state index in [9.17, 15) is 13.2 Å². The Morgan fingerprint density at radius 3 is 2.73 bits per heavy atom. The summed E-state index contributed by atoms with van der Waals surface area (Å²) in [6, 6.07) is 4.41. The Morgan fingerprint density at radius 2 is 2.03 bits per heavy atom. The van der Waals surface area contributed by atoms with Crippen molar-refractivity contribution in [1.29, 1.82) is 0 Å². The van der Waals surface area contributed by atoms with E-state index < -0.39 is 15.3 Å². The van der Waals surface area contributed by atoms with E-state index in [0.29, 0.717) is 24.2 Å². The molecular formula is C19H24ClN5O3S2. The molecule has 11 heteroatoms. The maximum absolute atomic E-state index is 12.9. The van der Waals surface area contributed by atoms with Crippen molar-refractivity contribution in [2.45, 2.75) is 60.2 Å². The second kappa shape index (κ2) is 8.86. The highest BCUT2D eigenvalue weighted by Crippen LogP contribution is 2.38. The van der Waals surface area contributed by atoms with Gasteiger partial charge in [0.25, 0.3) is 0 Å². The number of H-pyrrole nitrogens is 1. The molecular weight excluding hydrogens is 446 g/mol. The van der Waals surface area contributed by atoms with Crippen LogP contribution in [0.2, 0.25) is 5.02 Å². The maximum atomic E-state index is 12.9. The molecule has 162 valence electrons. The summed E-state index contributed by atoms with van der Waals surface area (Å²) in [5.74, 6) is 1.02. The third-order valence-corrected chi connectivity index (χ3v) is 8.43. The largest absolute Gasteiger partial charge is 0.324 e. The van der Waals surface area contributed by atoms with Crippen LogP contribution < -0.4 is 5.32 Å². The number of thioether (sulfide) groups is 1. The average Bonchev–Trinajstić information content (AvgIpc) is 3.49. The zero-order valence-electron chi connectivity index (χ0n) is 16.6. The van der Waals surface area contributed by atoms with Crippen LogP contribution in [0.4, 0.5) is 5.69 Å². The van der Waals surface area contributed by atoms with E-state index in [1.54, 1.807) is 6.92 Å². The van der Waals surface area contributed by atoms with Crippen LogP contribution in [0.15, 0.2) is 28.3 Å². The van der Waals surface area contributed by atoms with E-state index in [-0.39, 0.29) is 21.5 Å². The Balaban J connectivity index is 1.45. The number of aromatic amines is 1. The van der Waals surface area contributed by atoms with Gasteiger partial charge in [0.15, 0.2) is 0 Å². The number of amides is 1. The highest BCUT2D eigenvalue weighted by molar-refractivity contribution is 8.00. The number of halogens is 1. The van der Waals surface area contributed by atoms with E-state index >= 15 is 0 Å². The van der Waals surface area contributed by atoms with E-state index in [0.717, 1.165) is 37.9 Å². The molecule has 2 heterocycles. The Kier molecular flexibility index (Phi) is 6.38. The Labute approximate surface area is 185 Å². The Morgan fingerprint density at radius 1 is 1.30 bits per heavy atom. The summed E-state index contributed by atoms with van der Waals surface area (Å²) in [7, 11) is -3.61. The van der Waals surface area contributed by atoms with Gasteiger partial charge >= 0.3 is 0 Å². The van der Waals surface area contributed by atoms with Gasteiger partial charge in [0, 0.05) is 19.0 Å². The van der Waals surface area contributed by atoms with E-state index in [1.165, 1.54) is 34.3 Å². The molecule has 1 saturated heterocycles. The van der Waals surface area contributed by atoms with Crippen LogP contribution in [-0.4, -0.2) is 52.2 Å². The molecule has 1 aromatic carbocycles. The van der Waals surface area contributed by atoms with Gasteiger partial charge in [-0.3, -0.25) is 9.89 Å². The number of benzene rings is 1. The van der Waals surface area contributed by atoms with Crippen molar-refractivity contribution < 1.29 is 13.2 Å². The molecule has 2 aromatic rings. The molecule has 1 aromatic heterocycles. The van der Waals surface area contributed by atoms with Crippen molar-refractivity contribution in [3.8, 4) is 0 Å². The molecule has 0 spiro atoms. The van der Waals surface area contributed by atoms with Crippen LogP contribution >= 0.6 is 23.4 Å². The molecule has 1 saturated carbocycles. The number of anilines is 1. The third kappa shape index (κ3) is 4.82. The fourth-order valence-electron chi connectivity index (χ4n) is 3.31. The lowest BCUT2D eigenvalue weighted by Crippen LogP contribution is -2.35. The molecule has 0 radical (unpaired) electrons. The number of sulfonamides is 1. The zero-order chi connectivity index (χ0) is 21.3. The minimum absolute atomic E-state index is 0.132. The summed E-state index contributed by atoms with van der Waals surface area (Å²) in [5, 5.41) is 10.2. The van der Waals surface area contributed by atoms with Gasteiger partial charge in [-0.05, 0) is 50.8 Å². The number of nitrogens with zero attached hydrogens (tertiary/aromatic N) is 3. The van der Waals surface area contributed by atoms with Crippen molar-refractivity contribution in [3.63, 3.8) is 0 Å². The number of rotatable bonds is 7. The lowest BCUT2D eigenvalue weighted by atomic mass is 10.2. The zero-order valence-corrected chi connectivity index (χ0v) is 19.0. The van der Waals surface area contributed by atoms with Crippen LogP contribution in [0.1, 0.15) is 50.8 Å². The number of carbonyl (C=O) groups is 1. The van der Waals surface area contributed by atoms with Gasteiger partial charge in [0.1, 0.15) is 5.82 Å². The summed E-state index contributed by atoms with van der Waals surface area (Å²) in [6.45, 7) is 2.77. The van der Waals surface area contributed by atoms with Gasteiger partial charge in [-0.2, -0.15) is 4.31 Å². The summed E-state index contributed by atoms with van der Waals surface area (Å²) in [6.07, 6.45) is 4.98. The molecule has 1 aliphatic heterocycles. The summed E-state index contributed by atoms with van der Waals surface area (Å²) < 4.78 is 27.3. The first-order valence-corrected chi connectivity index (χ1v) is 12.7. The monoisotopic (exact) mass is 469 g/mol. The van der Waals surface area contributed by atoms with Crippen molar-refractivity contribution in [1.82, 2.24) is 19.5 Å². The van der Waals surface area contributed by atoms with Crippen molar-refractivity contribution in [2.75, 3.05) is 18.4 Å². The van der Waals surface area contributed by atoms with Crippen LogP contribution in [0.3, 0.4) is 0 Å². The van der Waals surface area contributed by atoms with Crippen molar-refractivity contribution >= 4 is 45.0 Å². The molecule has 1 aliphatic carbocycles. The number of aromatic nitrogens is 3. The minimum Gasteiger partial charge on any atom is -0.324 e. The second-order valence-corrected chi connectivity index (χ2v) is 11.3. The summed E-state index contributed by atoms with van der Waals surface area (Å²) >= 11 is 7.47. The van der Waals surface area contributed by atoms with Crippen LogP contribution in [-0.2, 0) is 14.8 Å². The van der Waals surface area contributed by atoms with E-state index in [1.807, 2.05) is 0 Å². The van der Waals surface area contributed by atoms with Gasteiger partial charge in [-0.1, -0.05) is 29.8 Å². The lowest BCUT2D eigenvalue weighted by molar-refractivity contribution is -0.115. The molecule has 2 aliphatic rings. The fraction of sp³-hybridized carbons (Fsp3) is 0.526. The normalized spacial score (nSPS) is 18.9. The fourth-order valence-corrected chi connectivity index (χ4v) is 5.75. The number of hydrogen-bond donors (Lipinski definition) is 2. The SMILES string of the molecule is C[C@@H](Sc1n[nH]c(C2CC2)n1)C(=O)Nc1cc(S(=O)(=O)N2CCCCC2)ccc1Cl. The van der Waals surface area contributed by atoms with Gasteiger partial charge in [-0.15, -0.1) is 5.10 Å². The molecule has 1 amide bonds. The van der Waals surface area contributed by atoms with Crippen LogP contribution in [0.5, 0.6) is 0 Å². The first kappa shape index (κ1) is 21.6. The second-order valence-electron chi connectivity index (χ2n) is 7.63. The maximum Gasteiger partial charge on any atom is 0.243 e. The molecule has 1 atom stereocenters. The molecule has 30 heavy (non-hydrogen) atoms. The number of carbonyl (C=O) groups excluding carboxylic acids is 1. The molecule has 0 bridgehead atoms. The van der Waals surface area contributed by atoms with Gasteiger partial charge in [0.2, 0.25) is 21.1 Å². The van der Waals surface area contributed by atoms with Gasteiger partial charge in [-0.25, -0.2) is 13.4 Å². The van der Waals surface area contributed by atoms with Gasteiger partial charge < -0.3 is 5.32 Å². The number of hydrogen-bond acceptors (Lipinski definition) is 6. The van der Waals surface area contributed by atoms with Gasteiger partial charge in [0.05, 0.1) is 20.9 Å². The Bertz CT molecular complexity index is 1030. The highest BCUT2D eigenvalue weighted by Gasteiger charge is 2.29. The molecule has 2 N–H and O–H groups in total. The standard InChI is InChI=1S/C19H24ClN5O3S2/c1-12(29-19-22-17(23-24-19)13-5-6-13)18(26)21-16-11-14(7-8-15(16)20)30(27,28)25-9-3-2-4-10-25/h7-8,11-13H,2-6,9-10H2,1H3,(H,21,26)(H,22,23,24)/t12-/m1/s1. The van der Waals surface area contributed by atoms with Crippen molar-refractivity contribution in [3.05, 3.63) is 29.0 Å². The highest BCUT2D eigenvalue weighted by atomic mass is 35.5. The molecule has 2 fully saturated rings. The third-order valence-electron chi connectivity index (χ3n) is 5.25. The van der Waals surface area contributed by atoms with E-state index in [2.05, 4.69) is 20.5 Å². The van der Waals surface area contributed by atoms with E-state index in [4.69, 9.17) is 11.6 Å². The number of piperidine rings is 1. The predicted molar refractivity (Wildman–Crippen MR) is 116 cm³/mol. The minimum atomic E-state index is -3.61. The topological polar surface area (TPSA) is 108 Å². The van der Waals surface area contributed by atoms with Crippen LogP contribution in [0.25, 0.3) is 0 Å². The summed E-state index contributed by atoms with van der Waals surface area (Å²) in [5.41, 5.74) is 0.279.